The molecule has 0 radical (unpaired) electrons. The molecule has 1 fully saturated rings. The lowest BCUT2D eigenvalue weighted by atomic mass is 9.79. The molecule has 0 atom stereocenters. The SMILES string of the molecule is CC1(C)OB(c2ccc(P=O)cc2)OC1(C)C. The molecule has 1 saturated heterocycles. The Morgan fingerprint density at radius 2 is 1.47 bits per heavy atom. The van der Waals surface area contributed by atoms with Crippen LogP contribution in [-0.2, 0) is 13.9 Å². The first-order valence-corrected chi connectivity index (χ1v) is 6.46. The molecule has 5 heteroatoms. The van der Waals surface area contributed by atoms with Crippen molar-refractivity contribution in [3.05, 3.63) is 24.3 Å². The number of hydrogen-bond acceptors (Lipinski definition) is 3. The summed E-state index contributed by atoms with van der Waals surface area (Å²) in [6.45, 7) is 8.10. The second-order valence-electron chi connectivity index (χ2n) is 5.27. The molecule has 1 aromatic carbocycles. The van der Waals surface area contributed by atoms with E-state index in [0.29, 0.717) is 0 Å². The van der Waals surface area contributed by atoms with Gasteiger partial charge in [0.1, 0.15) is 0 Å². The third kappa shape index (κ3) is 2.30. The standard InChI is InChI=1S/C12H16BO3P/c1-11(2)12(3,4)16-13(15-11)9-5-7-10(17-14)8-6-9/h5-8H,1-4H3. The van der Waals surface area contributed by atoms with E-state index in [1.165, 1.54) is 0 Å². The highest BCUT2D eigenvalue weighted by Crippen LogP contribution is 2.36. The van der Waals surface area contributed by atoms with Gasteiger partial charge in [0, 0.05) is 5.30 Å². The average molecular weight is 250 g/mol. The van der Waals surface area contributed by atoms with E-state index in [-0.39, 0.29) is 26.8 Å². The Morgan fingerprint density at radius 1 is 1.00 bits per heavy atom. The van der Waals surface area contributed by atoms with Crippen molar-refractivity contribution in [1.82, 2.24) is 0 Å². The number of hydrogen-bond donors (Lipinski definition) is 0. The molecule has 3 nitrogen and oxygen atoms in total. The van der Waals surface area contributed by atoms with Crippen LogP contribution in [0.2, 0.25) is 0 Å². The zero-order valence-corrected chi connectivity index (χ0v) is 11.5. The molecule has 0 bridgehead atoms. The fraction of sp³-hybridized carbons (Fsp3) is 0.500. The minimum Gasteiger partial charge on any atom is -0.399 e. The second kappa shape index (κ2) is 4.20. The summed E-state index contributed by atoms with van der Waals surface area (Å²) in [6, 6.07) is 7.41. The van der Waals surface area contributed by atoms with Crippen molar-refractivity contribution in [2.75, 3.05) is 0 Å². The van der Waals surface area contributed by atoms with Crippen LogP contribution in [0.3, 0.4) is 0 Å². The van der Waals surface area contributed by atoms with Crippen LogP contribution < -0.4 is 10.8 Å². The predicted octanol–water partition coefficient (Wildman–Crippen LogP) is 1.90. The Hall–Kier alpha value is -0.695. The topological polar surface area (TPSA) is 35.5 Å². The Labute approximate surface area is 104 Å². The van der Waals surface area contributed by atoms with Gasteiger partial charge in [-0.15, -0.1) is 0 Å². The van der Waals surface area contributed by atoms with E-state index >= 15 is 0 Å². The number of benzene rings is 1. The van der Waals surface area contributed by atoms with Gasteiger partial charge in [-0.25, -0.2) is 0 Å². The third-order valence-electron chi connectivity index (χ3n) is 3.52. The molecular formula is C12H16BO3P. The van der Waals surface area contributed by atoms with Crippen LogP contribution in [0.25, 0.3) is 0 Å². The van der Waals surface area contributed by atoms with E-state index in [1.807, 2.05) is 52.0 Å². The summed E-state index contributed by atoms with van der Waals surface area (Å²) in [5, 5.41) is 0.755. The van der Waals surface area contributed by atoms with Crippen LogP contribution >= 0.6 is 8.46 Å². The minimum atomic E-state index is -0.350. The Bertz CT molecular complexity index is 412. The highest BCUT2D eigenvalue weighted by molar-refractivity contribution is 7.34. The summed E-state index contributed by atoms with van der Waals surface area (Å²) in [6.07, 6.45) is 0. The molecule has 0 aliphatic carbocycles. The minimum absolute atomic E-state index is 0.0354. The Morgan fingerprint density at radius 3 is 1.88 bits per heavy atom. The van der Waals surface area contributed by atoms with Crippen molar-refractivity contribution < 1.29 is 13.9 Å². The molecule has 0 amide bonds. The molecule has 1 aliphatic heterocycles. The summed E-state index contributed by atoms with van der Waals surface area (Å²) in [5.41, 5.74) is 0.302. The van der Waals surface area contributed by atoms with E-state index in [9.17, 15) is 4.57 Å². The summed E-state index contributed by atoms with van der Waals surface area (Å²) >= 11 is 0. The lowest BCUT2D eigenvalue weighted by Gasteiger charge is -2.32. The van der Waals surface area contributed by atoms with Gasteiger partial charge in [0.15, 0.2) is 8.46 Å². The smallest absolute Gasteiger partial charge is 0.399 e. The molecule has 0 N–H and O–H groups in total. The maximum Gasteiger partial charge on any atom is 0.494 e. The quantitative estimate of drug-likeness (QED) is 0.594. The number of rotatable bonds is 2. The van der Waals surface area contributed by atoms with Gasteiger partial charge < -0.3 is 9.31 Å². The first-order chi connectivity index (χ1) is 7.86. The fourth-order valence-electron chi connectivity index (χ4n) is 1.67. The van der Waals surface area contributed by atoms with Gasteiger partial charge in [0.2, 0.25) is 0 Å². The average Bonchev–Trinajstić information content (AvgIpc) is 2.48. The van der Waals surface area contributed by atoms with Gasteiger partial charge in [-0.2, -0.15) is 0 Å². The zero-order valence-electron chi connectivity index (χ0n) is 10.6. The lowest BCUT2D eigenvalue weighted by molar-refractivity contribution is 0.00578. The van der Waals surface area contributed by atoms with Crippen molar-refractivity contribution >= 4 is 26.3 Å². The van der Waals surface area contributed by atoms with Crippen LogP contribution in [-0.4, -0.2) is 18.3 Å². The van der Waals surface area contributed by atoms with Crippen LogP contribution in [0.4, 0.5) is 0 Å². The molecule has 17 heavy (non-hydrogen) atoms. The van der Waals surface area contributed by atoms with Gasteiger partial charge in [-0.05, 0) is 45.3 Å². The molecule has 0 spiro atoms. The van der Waals surface area contributed by atoms with Gasteiger partial charge in [0.25, 0.3) is 0 Å². The van der Waals surface area contributed by atoms with Crippen LogP contribution in [0.5, 0.6) is 0 Å². The second-order valence-corrected chi connectivity index (χ2v) is 5.97. The molecule has 1 aliphatic rings. The van der Waals surface area contributed by atoms with Gasteiger partial charge in [-0.1, -0.05) is 12.1 Å². The van der Waals surface area contributed by atoms with Crippen LogP contribution in [0.1, 0.15) is 27.7 Å². The van der Waals surface area contributed by atoms with E-state index in [2.05, 4.69) is 0 Å². The predicted molar refractivity (Wildman–Crippen MR) is 69.4 cm³/mol. The van der Waals surface area contributed by atoms with E-state index in [0.717, 1.165) is 10.8 Å². The van der Waals surface area contributed by atoms with Gasteiger partial charge >= 0.3 is 7.12 Å². The Balaban J connectivity index is 2.22. The molecule has 0 unspecified atom stereocenters. The van der Waals surface area contributed by atoms with Gasteiger partial charge in [-0.3, -0.25) is 4.57 Å². The lowest BCUT2D eigenvalue weighted by Crippen LogP contribution is -2.41. The van der Waals surface area contributed by atoms with Crippen molar-refractivity contribution in [2.45, 2.75) is 38.9 Å². The zero-order chi connectivity index (χ0) is 12.7. The van der Waals surface area contributed by atoms with E-state index in [1.54, 1.807) is 0 Å². The fourth-order valence-corrected chi connectivity index (χ4v) is 1.94. The maximum atomic E-state index is 10.7. The van der Waals surface area contributed by atoms with Gasteiger partial charge in [0.05, 0.1) is 11.2 Å². The molecule has 2 rings (SSSR count). The molecule has 90 valence electrons. The molecule has 0 aromatic heterocycles. The third-order valence-corrected chi connectivity index (χ3v) is 4.03. The summed E-state index contributed by atoms with van der Waals surface area (Å²) in [7, 11) is -0.314. The molecule has 0 saturated carbocycles. The monoisotopic (exact) mass is 250 g/mol. The molecule has 1 heterocycles. The van der Waals surface area contributed by atoms with E-state index in [4.69, 9.17) is 9.31 Å². The van der Waals surface area contributed by atoms with Crippen molar-refractivity contribution in [1.29, 1.82) is 0 Å². The summed E-state index contributed by atoms with van der Waals surface area (Å²) < 4.78 is 22.5. The highest BCUT2D eigenvalue weighted by Gasteiger charge is 2.51. The maximum absolute atomic E-state index is 10.7. The van der Waals surface area contributed by atoms with Crippen molar-refractivity contribution in [2.24, 2.45) is 0 Å². The molecule has 1 aromatic rings. The highest BCUT2D eigenvalue weighted by atomic mass is 31.1. The normalized spacial score (nSPS) is 22.0. The Kier molecular flexibility index (Phi) is 3.15. The van der Waals surface area contributed by atoms with Crippen LogP contribution in [0, 0.1) is 0 Å². The van der Waals surface area contributed by atoms with Crippen molar-refractivity contribution in [3.63, 3.8) is 0 Å². The van der Waals surface area contributed by atoms with Crippen LogP contribution in [0.15, 0.2) is 24.3 Å². The van der Waals surface area contributed by atoms with Crippen molar-refractivity contribution in [3.8, 4) is 0 Å². The first-order valence-electron chi connectivity index (χ1n) is 5.65. The summed E-state index contributed by atoms with van der Waals surface area (Å²) in [4.78, 5) is 0. The first kappa shape index (κ1) is 12.8. The van der Waals surface area contributed by atoms with E-state index < -0.39 is 0 Å². The largest absolute Gasteiger partial charge is 0.494 e. The molecular weight excluding hydrogens is 234 g/mol. The summed E-state index contributed by atoms with van der Waals surface area (Å²) in [5.74, 6) is 0.